The van der Waals surface area contributed by atoms with Gasteiger partial charge in [0.1, 0.15) is 0 Å². The molecule has 2 aromatic carbocycles. The molecule has 0 amide bonds. The fourth-order valence-corrected chi connectivity index (χ4v) is 3.16. The molecule has 0 saturated carbocycles. The van der Waals surface area contributed by atoms with Gasteiger partial charge in [0.2, 0.25) is 0 Å². The summed E-state index contributed by atoms with van der Waals surface area (Å²) in [7, 11) is 0. The van der Waals surface area contributed by atoms with Crippen molar-refractivity contribution in [3.63, 3.8) is 0 Å². The van der Waals surface area contributed by atoms with Gasteiger partial charge in [-0.15, -0.1) is 0 Å². The van der Waals surface area contributed by atoms with E-state index in [0.717, 1.165) is 0 Å². The minimum Gasteiger partial charge on any atom is -0.0786 e. The molecule has 2 aromatic rings. The maximum absolute atomic E-state index is 3.85. The van der Waals surface area contributed by atoms with Crippen molar-refractivity contribution in [2.24, 2.45) is 0 Å². The van der Waals surface area contributed by atoms with Crippen LogP contribution in [0.3, 0.4) is 0 Å². The van der Waals surface area contributed by atoms with Crippen molar-refractivity contribution in [1.82, 2.24) is 0 Å². The summed E-state index contributed by atoms with van der Waals surface area (Å²) in [5, 5.41) is 0. The van der Waals surface area contributed by atoms with Crippen LogP contribution in [0.1, 0.15) is 53.4 Å². The number of aryl methyl sites for hydroxylation is 2. The first-order chi connectivity index (χ1) is 9.29. The SMILES string of the molecule is Cc1ccc(C)c(C(Br)c2ccc(C(C)(C)C)cc2)c1. The van der Waals surface area contributed by atoms with Gasteiger partial charge in [0, 0.05) is 0 Å². The molecule has 0 saturated heterocycles. The van der Waals surface area contributed by atoms with Crippen molar-refractivity contribution >= 4 is 15.9 Å². The summed E-state index contributed by atoms with van der Waals surface area (Å²) in [5.74, 6) is 0. The molecule has 20 heavy (non-hydrogen) atoms. The highest BCUT2D eigenvalue weighted by atomic mass is 79.9. The second kappa shape index (κ2) is 5.73. The first-order valence-electron chi connectivity index (χ1n) is 7.10. The summed E-state index contributed by atoms with van der Waals surface area (Å²) in [5.41, 5.74) is 6.89. The molecule has 1 heteroatoms. The minimum absolute atomic E-state index is 0.208. The molecule has 2 rings (SSSR count). The van der Waals surface area contributed by atoms with Crippen molar-refractivity contribution in [3.8, 4) is 0 Å². The topological polar surface area (TPSA) is 0 Å². The van der Waals surface area contributed by atoms with E-state index in [1.165, 1.54) is 27.8 Å². The second-order valence-corrected chi connectivity index (χ2v) is 7.51. The minimum atomic E-state index is 0.208. The lowest BCUT2D eigenvalue weighted by atomic mass is 9.86. The quantitative estimate of drug-likeness (QED) is 0.585. The van der Waals surface area contributed by atoms with Crippen LogP contribution in [0.2, 0.25) is 0 Å². The monoisotopic (exact) mass is 330 g/mol. The molecule has 0 nitrogen and oxygen atoms in total. The molecule has 0 N–H and O–H groups in total. The summed E-state index contributed by atoms with van der Waals surface area (Å²) >= 11 is 3.85. The predicted molar refractivity (Wildman–Crippen MR) is 91.8 cm³/mol. The van der Waals surface area contributed by atoms with E-state index >= 15 is 0 Å². The molecule has 0 radical (unpaired) electrons. The highest BCUT2D eigenvalue weighted by molar-refractivity contribution is 9.09. The van der Waals surface area contributed by atoms with Gasteiger partial charge in [-0.1, -0.05) is 84.7 Å². The molecular formula is C19H23Br. The average molecular weight is 331 g/mol. The fraction of sp³-hybridized carbons (Fsp3) is 0.368. The Kier molecular flexibility index (Phi) is 4.39. The van der Waals surface area contributed by atoms with Gasteiger partial charge in [-0.2, -0.15) is 0 Å². The van der Waals surface area contributed by atoms with Gasteiger partial charge in [-0.05, 0) is 41.5 Å². The third kappa shape index (κ3) is 3.32. The van der Waals surface area contributed by atoms with Gasteiger partial charge < -0.3 is 0 Å². The number of hydrogen-bond acceptors (Lipinski definition) is 0. The molecule has 0 aromatic heterocycles. The molecular weight excluding hydrogens is 308 g/mol. The van der Waals surface area contributed by atoms with E-state index in [9.17, 15) is 0 Å². The summed E-state index contributed by atoms with van der Waals surface area (Å²) in [6.45, 7) is 11.1. The second-order valence-electron chi connectivity index (χ2n) is 6.59. The van der Waals surface area contributed by atoms with Crippen LogP contribution in [0.15, 0.2) is 42.5 Å². The zero-order valence-corrected chi connectivity index (χ0v) is 14.6. The number of rotatable bonds is 2. The highest BCUT2D eigenvalue weighted by Crippen LogP contribution is 2.34. The van der Waals surface area contributed by atoms with Crippen LogP contribution in [-0.2, 0) is 5.41 Å². The van der Waals surface area contributed by atoms with E-state index in [0.29, 0.717) is 0 Å². The smallest absolute Gasteiger partial charge is 0.0647 e. The highest BCUT2D eigenvalue weighted by Gasteiger charge is 2.16. The van der Waals surface area contributed by atoms with E-state index in [2.05, 4.69) is 93.0 Å². The standard InChI is InChI=1S/C19H23Br/c1-13-6-7-14(2)17(12-13)18(20)15-8-10-16(11-9-15)19(3,4)5/h6-12,18H,1-5H3. The molecule has 106 valence electrons. The van der Waals surface area contributed by atoms with Crippen LogP contribution in [0.4, 0.5) is 0 Å². The lowest BCUT2D eigenvalue weighted by Crippen LogP contribution is -2.10. The zero-order valence-electron chi connectivity index (χ0n) is 13.0. The Labute approximate surface area is 131 Å². The third-order valence-electron chi connectivity index (χ3n) is 3.78. The van der Waals surface area contributed by atoms with Gasteiger partial charge in [0.15, 0.2) is 0 Å². The average Bonchev–Trinajstić information content (AvgIpc) is 2.40. The molecule has 0 aliphatic heterocycles. The normalized spacial score (nSPS) is 13.3. The Balaban J connectivity index is 2.34. The van der Waals surface area contributed by atoms with Crippen LogP contribution >= 0.6 is 15.9 Å². The van der Waals surface area contributed by atoms with Crippen LogP contribution < -0.4 is 0 Å². The summed E-state index contributed by atoms with van der Waals surface area (Å²) in [6, 6.07) is 15.6. The van der Waals surface area contributed by atoms with Crippen LogP contribution in [0, 0.1) is 13.8 Å². The van der Waals surface area contributed by atoms with Gasteiger partial charge in [-0.3, -0.25) is 0 Å². The zero-order chi connectivity index (χ0) is 14.9. The molecule has 0 aliphatic rings. The number of halogens is 1. The molecule has 0 spiro atoms. The third-order valence-corrected chi connectivity index (χ3v) is 4.80. The van der Waals surface area contributed by atoms with E-state index in [1.54, 1.807) is 0 Å². The molecule has 0 aliphatic carbocycles. The number of alkyl halides is 1. The van der Waals surface area contributed by atoms with Crippen molar-refractivity contribution in [2.45, 2.75) is 44.9 Å². The van der Waals surface area contributed by atoms with Crippen molar-refractivity contribution < 1.29 is 0 Å². The first-order valence-corrected chi connectivity index (χ1v) is 8.02. The Bertz CT molecular complexity index is 588. The van der Waals surface area contributed by atoms with Crippen LogP contribution in [0.25, 0.3) is 0 Å². The lowest BCUT2D eigenvalue weighted by molar-refractivity contribution is 0.590. The van der Waals surface area contributed by atoms with E-state index < -0.39 is 0 Å². The van der Waals surface area contributed by atoms with E-state index in [4.69, 9.17) is 0 Å². The Morgan fingerprint density at radius 3 is 2.05 bits per heavy atom. The Hall–Kier alpha value is -1.08. The first kappa shape index (κ1) is 15.3. The summed E-state index contributed by atoms with van der Waals surface area (Å²) < 4.78 is 0. The molecule has 0 bridgehead atoms. The summed E-state index contributed by atoms with van der Waals surface area (Å²) in [6.07, 6.45) is 0. The van der Waals surface area contributed by atoms with Crippen molar-refractivity contribution in [2.75, 3.05) is 0 Å². The van der Waals surface area contributed by atoms with E-state index in [1.807, 2.05) is 0 Å². The predicted octanol–water partition coefficient (Wildman–Crippen LogP) is 6.09. The molecule has 1 unspecified atom stereocenters. The fourth-order valence-electron chi connectivity index (χ4n) is 2.36. The molecule has 1 atom stereocenters. The largest absolute Gasteiger partial charge is 0.0786 e. The molecule has 0 heterocycles. The molecule has 0 fully saturated rings. The Morgan fingerprint density at radius 1 is 0.900 bits per heavy atom. The Morgan fingerprint density at radius 2 is 1.50 bits per heavy atom. The lowest BCUT2D eigenvalue weighted by Gasteiger charge is -2.20. The maximum atomic E-state index is 3.85. The van der Waals surface area contributed by atoms with Gasteiger partial charge in [-0.25, -0.2) is 0 Å². The van der Waals surface area contributed by atoms with Crippen molar-refractivity contribution in [3.05, 3.63) is 70.3 Å². The van der Waals surface area contributed by atoms with E-state index in [-0.39, 0.29) is 10.2 Å². The number of benzene rings is 2. The maximum Gasteiger partial charge on any atom is 0.0647 e. The summed E-state index contributed by atoms with van der Waals surface area (Å²) in [4.78, 5) is 0.261. The van der Waals surface area contributed by atoms with Gasteiger partial charge in [0.25, 0.3) is 0 Å². The van der Waals surface area contributed by atoms with Gasteiger partial charge in [0.05, 0.1) is 4.83 Å². The van der Waals surface area contributed by atoms with Crippen LogP contribution in [-0.4, -0.2) is 0 Å². The number of hydrogen-bond donors (Lipinski definition) is 0. The van der Waals surface area contributed by atoms with Crippen molar-refractivity contribution in [1.29, 1.82) is 0 Å². The van der Waals surface area contributed by atoms with Gasteiger partial charge >= 0.3 is 0 Å². The van der Waals surface area contributed by atoms with Crippen LogP contribution in [0.5, 0.6) is 0 Å².